The van der Waals surface area contributed by atoms with Crippen molar-refractivity contribution in [3.8, 4) is 11.4 Å². The molecule has 0 saturated carbocycles. The van der Waals surface area contributed by atoms with Crippen LogP contribution < -0.4 is 4.74 Å². The van der Waals surface area contributed by atoms with Crippen molar-refractivity contribution < 1.29 is 17.9 Å². The summed E-state index contributed by atoms with van der Waals surface area (Å²) >= 11 is 0. The predicted octanol–water partition coefficient (Wildman–Crippen LogP) is 3.91. The third-order valence-corrected chi connectivity index (χ3v) is 8.92. The number of carbonyl (C=O) groups excluding carboxylic acids is 1. The second kappa shape index (κ2) is 9.97. The summed E-state index contributed by atoms with van der Waals surface area (Å²) in [5, 5.41) is 0. The molecule has 2 heterocycles. The van der Waals surface area contributed by atoms with Gasteiger partial charge in [0.15, 0.2) is 5.78 Å². The zero-order valence-electron chi connectivity index (χ0n) is 21.0. The van der Waals surface area contributed by atoms with Gasteiger partial charge in [-0.15, -0.1) is 0 Å². The molecule has 0 unspecified atom stereocenters. The number of carbonyl (C=O) groups is 1. The number of methoxy groups -OCH3 is 1. The molecule has 1 aliphatic rings. The summed E-state index contributed by atoms with van der Waals surface area (Å²) in [6.07, 6.45) is 0. The third kappa shape index (κ3) is 4.91. The number of aryl methyl sites for hydroxylation is 3. The Balaban J connectivity index is 1.44. The number of hydrogen-bond donors (Lipinski definition) is 0. The Morgan fingerprint density at radius 2 is 1.51 bits per heavy atom. The number of rotatable bonds is 7. The minimum absolute atomic E-state index is 0.0541. The van der Waals surface area contributed by atoms with Crippen molar-refractivity contribution in [1.29, 1.82) is 0 Å². The van der Waals surface area contributed by atoms with E-state index >= 15 is 0 Å². The maximum atomic E-state index is 13.4. The number of aromatic nitrogens is 1. The molecule has 1 aliphatic heterocycles. The molecular formula is C27H33N3O4S. The van der Waals surface area contributed by atoms with Crippen LogP contribution in [0.25, 0.3) is 5.69 Å². The van der Waals surface area contributed by atoms with Gasteiger partial charge < -0.3 is 9.30 Å². The van der Waals surface area contributed by atoms with Crippen molar-refractivity contribution in [2.45, 2.75) is 32.6 Å². The first kappa shape index (κ1) is 25.2. The second-order valence-corrected chi connectivity index (χ2v) is 11.0. The monoisotopic (exact) mass is 495 g/mol. The lowest BCUT2D eigenvalue weighted by molar-refractivity contribution is 0.0901. The van der Waals surface area contributed by atoms with Crippen molar-refractivity contribution in [3.63, 3.8) is 0 Å². The van der Waals surface area contributed by atoms with Crippen LogP contribution in [0.4, 0.5) is 0 Å². The highest BCUT2D eigenvalue weighted by Gasteiger charge is 2.32. The summed E-state index contributed by atoms with van der Waals surface area (Å²) < 4.78 is 35.7. The molecule has 7 nitrogen and oxygen atoms in total. The molecule has 0 amide bonds. The lowest BCUT2D eigenvalue weighted by Gasteiger charge is -2.34. The molecule has 186 valence electrons. The topological polar surface area (TPSA) is 71.9 Å². The largest absolute Gasteiger partial charge is 0.497 e. The summed E-state index contributed by atoms with van der Waals surface area (Å²) in [7, 11) is -2.06. The van der Waals surface area contributed by atoms with Gasteiger partial charge in [-0.2, -0.15) is 4.31 Å². The third-order valence-electron chi connectivity index (χ3n) is 6.71. The SMILES string of the molecule is COc1cc(C)c(S(=O)(=O)N2CCN(CC(=O)c3cc(C)n(-c4ccccc4)c3C)CC2)c(C)c1. The number of ether oxygens (including phenoxy) is 1. The standard InChI is InChI=1S/C27H33N3O4S/c1-19-15-24(34-5)16-20(2)27(19)35(32,33)29-13-11-28(12-14-29)18-26(31)25-17-21(3)30(22(25)4)23-9-7-6-8-10-23/h6-10,15-17H,11-14,18H2,1-5H3. The maximum absolute atomic E-state index is 13.4. The van der Waals surface area contributed by atoms with Crippen molar-refractivity contribution in [2.24, 2.45) is 0 Å². The quantitative estimate of drug-likeness (QED) is 0.465. The Labute approximate surface area is 208 Å². The van der Waals surface area contributed by atoms with Crippen LogP contribution >= 0.6 is 0 Å². The van der Waals surface area contributed by atoms with Crippen LogP contribution in [0.2, 0.25) is 0 Å². The molecule has 0 spiro atoms. The molecule has 0 aliphatic carbocycles. The highest BCUT2D eigenvalue weighted by molar-refractivity contribution is 7.89. The number of ketones is 1. The van der Waals surface area contributed by atoms with Gasteiger partial charge >= 0.3 is 0 Å². The van der Waals surface area contributed by atoms with E-state index in [-0.39, 0.29) is 12.3 Å². The minimum atomic E-state index is -3.63. The van der Waals surface area contributed by atoms with E-state index in [1.54, 1.807) is 33.1 Å². The summed E-state index contributed by atoms with van der Waals surface area (Å²) in [5.41, 5.74) is 5.03. The second-order valence-electron chi connectivity index (χ2n) is 9.15. The number of benzene rings is 2. The zero-order chi connectivity index (χ0) is 25.3. The molecule has 1 saturated heterocycles. The summed E-state index contributed by atoms with van der Waals surface area (Å²) in [5.74, 6) is 0.701. The molecule has 35 heavy (non-hydrogen) atoms. The number of sulfonamides is 1. The molecule has 2 aromatic carbocycles. The lowest BCUT2D eigenvalue weighted by Crippen LogP contribution is -2.50. The van der Waals surface area contributed by atoms with Crippen LogP contribution in [0.5, 0.6) is 5.75 Å². The number of Topliss-reactive ketones (excluding diaryl/α,β-unsaturated/α-hetero) is 1. The van der Waals surface area contributed by atoms with E-state index in [2.05, 4.69) is 4.57 Å². The molecule has 8 heteroatoms. The predicted molar refractivity (Wildman–Crippen MR) is 137 cm³/mol. The Morgan fingerprint density at radius 1 is 0.914 bits per heavy atom. The van der Waals surface area contributed by atoms with Gasteiger partial charge in [0.1, 0.15) is 5.75 Å². The number of nitrogens with zero attached hydrogens (tertiary/aromatic N) is 3. The maximum Gasteiger partial charge on any atom is 0.243 e. The van der Waals surface area contributed by atoms with Crippen LogP contribution in [0.1, 0.15) is 32.9 Å². The smallest absolute Gasteiger partial charge is 0.243 e. The average Bonchev–Trinajstić information content (AvgIpc) is 3.13. The highest BCUT2D eigenvalue weighted by Crippen LogP contribution is 2.29. The normalized spacial score (nSPS) is 15.3. The van der Waals surface area contributed by atoms with E-state index in [1.807, 2.05) is 55.1 Å². The molecule has 4 rings (SSSR count). The van der Waals surface area contributed by atoms with Crippen LogP contribution in [-0.2, 0) is 10.0 Å². The Kier molecular flexibility index (Phi) is 7.17. The first-order valence-electron chi connectivity index (χ1n) is 11.8. The Bertz CT molecular complexity index is 1320. The van der Waals surface area contributed by atoms with Crippen molar-refractivity contribution >= 4 is 15.8 Å². The summed E-state index contributed by atoms with van der Waals surface area (Å²) in [6.45, 7) is 9.56. The average molecular weight is 496 g/mol. The first-order valence-corrected chi connectivity index (χ1v) is 13.2. The van der Waals surface area contributed by atoms with Crippen molar-refractivity contribution in [3.05, 3.63) is 76.6 Å². The van der Waals surface area contributed by atoms with Gasteiger partial charge in [0.2, 0.25) is 10.0 Å². The fraction of sp³-hybridized carbons (Fsp3) is 0.370. The van der Waals surface area contributed by atoms with Gasteiger partial charge in [0, 0.05) is 48.8 Å². The summed E-state index contributed by atoms with van der Waals surface area (Å²) in [4.78, 5) is 15.6. The van der Waals surface area contributed by atoms with Crippen molar-refractivity contribution in [1.82, 2.24) is 13.8 Å². The van der Waals surface area contributed by atoms with E-state index in [0.717, 1.165) is 17.1 Å². The molecule has 3 aromatic rings. The van der Waals surface area contributed by atoms with Gasteiger partial charge in [-0.05, 0) is 69.2 Å². The zero-order valence-corrected chi connectivity index (χ0v) is 21.9. The van der Waals surface area contributed by atoms with E-state index in [4.69, 9.17) is 4.74 Å². The molecule has 0 N–H and O–H groups in total. The van der Waals surface area contributed by atoms with Gasteiger partial charge in [0.25, 0.3) is 0 Å². The lowest BCUT2D eigenvalue weighted by atomic mass is 10.1. The minimum Gasteiger partial charge on any atom is -0.497 e. The number of piperazine rings is 1. The van der Waals surface area contributed by atoms with E-state index in [9.17, 15) is 13.2 Å². The fourth-order valence-corrected chi connectivity index (χ4v) is 6.83. The molecule has 1 aromatic heterocycles. The van der Waals surface area contributed by atoms with Gasteiger partial charge in [-0.3, -0.25) is 9.69 Å². The fourth-order valence-electron chi connectivity index (χ4n) is 5.00. The Morgan fingerprint density at radius 3 is 2.09 bits per heavy atom. The molecule has 0 bridgehead atoms. The van der Waals surface area contributed by atoms with Gasteiger partial charge in [-0.25, -0.2) is 8.42 Å². The molecule has 1 fully saturated rings. The van der Waals surface area contributed by atoms with Gasteiger partial charge in [0.05, 0.1) is 18.6 Å². The molecular weight excluding hydrogens is 462 g/mol. The molecule has 0 atom stereocenters. The number of hydrogen-bond acceptors (Lipinski definition) is 5. The highest BCUT2D eigenvalue weighted by atomic mass is 32.2. The van der Waals surface area contributed by atoms with E-state index < -0.39 is 10.0 Å². The van der Waals surface area contributed by atoms with Crippen LogP contribution in [0, 0.1) is 27.7 Å². The number of para-hydroxylation sites is 1. The van der Waals surface area contributed by atoms with Crippen molar-refractivity contribution in [2.75, 3.05) is 39.8 Å². The first-order chi connectivity index (χ1) is 16.6. The van der Waals surface area contributed by atoms with E-state index in [0.29, 0.717) is 53.5 Å². The van der Waals surface area contributed by atoms with Crippen LogP contribution in [0.15, 0.2) is 53.4 Å². The Hall–Kier alpha value is -2.94. The molecule has 0 radical (unpaired) electrons. The van der Waals surface area contributed by atoms with E-state index in [1.165, 1.54) is 4.31 Å². The summed E-state index contributed by atoms with van der Waals surface area (Å²) in [6, 6.07) is 15.4. The van der Waals surface area contributed by atoms with Gasteiger partial charge in [-0.1, -0.05) is 18.2 Å². The van der Waals surface area contributed by atoms with Crippen LogP contribution in [-0.4, -0.2) is 67.8 Å². The van der Waals surface area contributed by atoms with Crippen LogP contribution in [0.3, 0.4) is 0 Å².